The van der Waals surface area contributed by atoms with Crippen molar-refractivity contribution in [1.29, 1.82) is 0 Å². The van der Waals surface area contributed by atoms with Crippen molar-refractivity contribution in [1.82, 2.24) is 0 Å². The number of carbonyl (C=O) groups excluding carboxylic acids is 2. The Balaban J connectivity index is 3.25. The van der Waals surface area contributed by atoms with Crippen LogP contribution >= 0.6 is 11.8 Å². The van der Waals surface area contributed by atoms with Crippen LogP contribution in [0, 0.1) is 11.8 Å². The molecule has 0 N–H and O–H groups in total. The maximum Gasteiger partial charge on any atom is 0.305 e. The Morgan fingerprint density at radius 3 is 0.957 bits per heavy atom. The van der Waals surface area contributed by atoms with Crippen LogP contribution in [0.4, 0.5) is 0 Å². The van der Waals surface area contributed by atoms with Gasteiger partial charge in [-0.1, -0.05) is 169 Å². The number of hydrogen-bond donors (Lipinski definition) is 0. The molecule has 0 aromatic heterocycles. The van der Waals surface area contributed by atoms with Crippen LogP contribution in [0.15, 0.2) is 0 Å². The number of rotatable bonds is 38. The van der Waals surface area contributed by atoms with Gasteiger partial charge >= 0.3 is 11.9 Å². The van der Waals surface area contributed by atoms with Gasteiger partial charge in [-0.15, -0.1) is 0 Å². The summed E-state index contributed by atoms with van der Waals surface area (Å²) in [7, 11) is 0. The number of unbranched alkanes of at least 4 members (excludes halogenated alkanes) is 22. The first-order valence-corrected chi connectivity index (χ1v) is 22.0. The Hall–Kier alpha value is -0.710. The first-order valence-electron chi connectivity index (χ1n) is 20.8. The number of ether oxygens (including phenoxy) is 2. The summed E-state index contributed by atoms with van der Waals surface area (Å²) >= 11 is 1.93. The Morgan fingerprint density at radius 1 is 0.383 bits per heavy atom. The fourth-order valence-electron chi connectivity index (χ4n) is 6.06. The summed E-state index contributed by atoms with van der Waals surface area (Å²) in [6.45, 7) is 10.5. The monoisotopic (exact) mass is 683 g/mol. The molecule has 0 rings (SSSR count). The van der Waals surface area contributed by atoms with Gasteiger partial charge in [-0.25, -0.2) is 0 Å². The van der Waals surface area contributed by atoms with Gasteiger partial charge in [0, 0.05) is 12.8 Å². The molecule has 0 saturated heterocycles. The first-order chi connectivity index (χ1) is 22.9. The van der Waals surface area contributed by atoms with Gasteiger partial charge < -0.3 is 9.47 Å². The van der Waals surface area contributed by atoms with Crippen LogP contribution in [-0.4, -0.2) is 36.7 Å². The Kier molecular flexibility index (Phi) is 37.5. The molecule has 4 nitrogen and oxygen atoms in total. The van der Waals surface area contributed by atoms with Gasteiger partial charge in [-0.2, -0.15) is 11.8 Å². The van der Waals surface area contributed by atoms with Crippen molar-refractivity contribution < 1.29 is 19.1 Å². The second-order valence-electron chi connectivity index (χ2n) is 15.1. The van der Waals surface area contributed by atoms with E-state index in [1.807, 2.05) is 11.8 Å². The van der Waals surface area contributed by atoms with Crippen LogP contribution in [0.5, 0.6) is 0 Å². The summed E-state index contributed by atoms with van der Waals surface area (Å²) in [5, 5.41) is 0. The molecule has 0 aliphatic heterocycles. The van der Waals surface area contributed by atoms with Gasteiger partial charge in [0.05, 0.1) is 13.2 Å². The molecule has 0 aromatic rings. The van der Waals surface area contributed by atoms with Crippen molar-refractivity contribution in [2.45, 2.75) is 220 Å². The van der Waals surface area contributed by atoms with E-state index in [0.29, 0.717) is 26.1 Å². The van der Waals surface area contributed by atoms with Crippen LogP contribution in [-0.2, 0) is 19.1 Å². The van der Waals surface area contributed by atoms with E-state index in [-0.39, 0.29) is 11.9 Å². The van der Waals surface area contributed by atoms with Gasteiger partial charge in [-0.05, 0) is 61.9 Å². The van der Waals surface area contributed by atoms with Gasteiger partial charge in [0.1, 0.15) is 0 Å². The third-order valence-corrected chi connectivity index (χ3v) is 10.4. The van der Waals surface area contributed by atoms with Crippen LogP contribution in [0.1, 0.15) is 220 Å². The van der Waals surface area contributed by atoms with E-state index < -0.39 is 0 Å². The highest BCUT2D eigenvalue weighted by Gasteiger charge is 2.05. The molecule has 0 amide bonds. The molecule has 0 saturated carbocycles. The van der Waals surface area contributed by atoms with Crippen LogP contribution in [0.25, 0.3) is 0 Å². The minimum atomic E-state index is -0.0320. The zero-order valence-corrected chi connectivity index (χ0v) is 33.1. The smallest absolute Gasteiger partial charge is 0.305 e. The topological polar surface area (TPSA) is 52.6 Å². The fraction of sp³-hybridized carbons (Fsp3) is 0.952. The molecule has 0 atom stereocenters. The van der Waals surface area contributed by atoms with Crippen molar-refractivity contribution in [3.05, 3.63) is 0 Å². The molecule has 47 heavy (non-hydrogen) atoms. The summed E-state index contributed by atoms with van der Waals surface area (Å²) < 4.78 is 10.8. The molecule has 0 aliphatic carbocycles. The predicted molar refractivity (Wildman–Crippen MR) is 207 cm³/mol. The Labute approximate surface area is 298 Å². The number of hydrogen-bond acceptors (Lipinski definition) is 5. The molecule has 0 unspecified atom stereocenters. The first kappa shape index (κ1) is 46.3. The predicted octanol–water partition coefficient (Wildman–Crippen LogP) is 13.8. The zero-order chi connectivity index (χ0) is 34.5. The summed E-state index contributed by atoms with van der Waals surface area (Å²) in [6.07, 6.45) is 36.9. The van der Waals surface area contributed by atoms with E-state index in [9.17, 15) is 9.59 Å². The average Bonchev–Trinajstić information content (AvgIpc) is 3.03. The minimum Gasteiger partial charge on any atom is -0.466 e. The molecule has 280 valence electrons. The summed E-state index contributed by atoms with van der Waals surface area (Å²) in [4.78, 5) is 23.9. The van der Waals surface area contributed by atoms with Gasteiger partial charge in [0.15, 0.2) is 0 Å². The van der Waals surface area contributed by atoms with Crippen molar-refractivity contribution in [2.75, 3.05) is 24.7 Å². The summed E-state index contributed by atoms with van der Waals surface area (Å²) in [6, 6.07) is 0. The standard InChI is InChI=1S/C42H82O4S/c1-39(2)31-23-19-15-11-7-5-9-13-17-21-27-35-45-41(43)33-25-29-37-47-38-30-26-34-42(44)46-36-28-22-18-14-10-6-8-12-16-20-24-32-40(3)4/h39-40H,5-38H2,1-4H3. The number of esters is 2. The molecular weight excluding hydrogens is 601 g/mol. The summed E-state index contributed by atoms with van der Waals surface area (Å²) in [5.41, 5.74) is 0. The molecule has 5 heteroatoms. The molecular formula is C42H82O4S. The lowest BCUT2D eigenvalue weighted by molar-refractivity contribution is -0.144. The highest BCUT2D eigenvalue weighted by molar-refractivity contribution is 7.99. The van der Waals surface area contributed by atoms with Crippen LogP contribution in [0.2, 0.25) is 0 Å². The van der Waals surface area contributed by atoms with E-state index in [0.717, 1.165) is 61.9 Å². The summed E-state index contributed by atoms with van der Waals surface area (Å²) in [5.74, 6) is 3.80. The van der Waals surface area contributed by atoms with Gasteiger partial charge in [0.2, 0.25) is 0 Å². The second kappa shape index (κ2) is 38.1. The van der Waals surface area contributed by atoms with Crippen molar-refractivity contribution in [3.63, 3.8) is 0 Å². The second-order valence-corrected chi connectivity index (χ2v) is 16.3. The SMILES string of the molecule is CC(C)CCCCCCCCCCCCCOC(=O)CCCCSCCCCC(=O)OCCCCCCCCCCCCCC(C)C. The third kappa shape index (κ3) is 41.4. The molecule has 0 spiro atoms. The van der Waals surface area contributed by atoms with E-state index >= 15 is 0 Å². The number of carbonyl (C=O) groups is 2. The minimum absolute atomic E-state index is 0.0320. The molecule has 0 bridgehead atoms. The van der Waals surface area contributed by atoms with E-state index in [1.54, 1.807) is 0 Å². The van der Waals surface area contributed by atoms with E-state index in [1.165, 1.54) is 141 Å². The van der Waals surface area contributed by atoms with Crippen molar-refractivity contribution in [3.8, 4) is 0 Å². The molecule has 0 aliphatic rings. The highest BCUT2D eigenvalue weighted by Crippen LogP contribution is 2.16. The van der Waals surface area contributed by atoms with Gasteiger partial charge in [0.25, 0.3) is 0 Å². The lowest BCUT2D eigenvalue weighted by Gasteiger charge is -2.06. The van der Waals surface area contributed by atoms with E-state index in [4.69, 9.17) is 9.47 Å². The lowest BCUT2D eigenvalue weighted by atomic mass is 10.0. The molecule has 0 heterocycles. The van der Waals surface area contributed by atoms with Crippen LogP contribution < -0.4 is 0 Å². The zero-order valence-electron chi connectivity index (χ0n) is 32.2. The largest absolute Gasteiger partial charge is 0.466 e. The maximum absolute atomic E-state index is 12.0. The average molecular weight is 683 g/mol. The van der Waals surface area contributed by atoms with Crippen molar-refractivity contribution in [2.24, 2.45) is 11.8 Å². The van der Waals surface area contributed by atoms with E-state index in [2.05, 4.69) is 27.7 Å². The maximum atomic E-state index is 12.0. The lowest BCUT2D eigenvalue weighted by Crippen LogP contribution is -2.06. The molecule has 0 fully saturated rings. The Bertz CT molecular complexity index is 597. The van der Waals surface area contributed by atoms with Gasteiger partial charge in [-0.3, -0.25) is 9.59 Å². The number of thioether (sulfide) groups is 1. The quantitative estimate of drug-likeness (QED) is 0.0479. The normalized spacial score (nSPS) is 11.5. The molecule has 0 radical (unpaired) electrons. The Morgan fingerprint density at radius 2 is 0.660 bits per heavy atom. The highest BCUT2D eigenvalue weighted by atomic mass is 32.2. The van der Waals surface area contributed by atoms with Crippen LogP contribution in [0.3, 0.4) is 0 Å². The third-order valence-electron chi connectivity index (χ3n) is 9.22. The fourth-order valence-corrected chi connectivity index (χ4v) is 7.08. The molecule has 0 aromatic carbocycles. The van der Waals surface area contributed by atoms with Crippen molar-refractivity contribution >= 4 is 23.7 Å².